The summed E-state index contributed by atoms with van der Waals surface area (Å²) in [6.45, 7) is -0.595. The first kappa shape index (κ1) is 24.6. The van der Waals surface area contributed by atoms with Crippen molar-refractivity contribution in [2.45, 2.75) is 0 Å². The van der Waals surface area contributed by atoms with Crippen LogP contribution in [0, 0.1) is 52.4 Å². The molecule has 0 radical (unpaired) electrons. The minimum absolute atomic E-state index is 0.00116. The van der Waals surface area contributed by atoms with E-state index in [1.54, 1.807) is 0 Å². The van der Waals surface area contributed by atoms with Crippen LogP contribution in [0.2, 0.25) is 0 Å². The summed E-state index contributed by atoms with van der Waals surface area (Å²) in [5.41, 5.74) is -1.77. The van der Waals surface area contributed by atoms with Crippen molar-refractivity contribution in [1.82, 2.24) is 0 Å². The Morgan fingerprint density at radius 3 is 1.52 bits per heavy atom. The zero-order valence-electron chi connectivity index (χ0n) is 15.5. The van der Waals surface area contributed by atoms with E-state index in [4.69, 9.17) is 9.47 Å². The molecule has 31 heavy (non-hydrogen) atoms. The molecular formula is C18H15F9N2O2. The van der Waals surface area contributed by atoms with Crippen molar-refractivity contribution in [3.8, 4) is 0 Å². The first-order chi connectivity index (χ1) is 14.7. The summed E-state index contributed by atoms with van der Waals surface area (Å²) < 4.78 is 128. The lowest BCUT2D eigenvalue weighted by atomic mass is 10.2. The number of hydrogen-bond acceptors (Lipinski definition) is 4. The summed E-state index contributed by atoms with van der Waals surface area (Å²) >= 11 is 0. The molecule has 0 aliphatic heterocycles. The van der Waals surface area contributed by atoms with Crippen molar-refractivity contribution in [3.63, 3.8) is 0 Å². The summed E-state index contributed by atoms with van der Waals surface area (Å²) in [7, 11) is 0. The molecule has 0 saturated heterocycles. The molecule has 13 heteroatoms. The highest BCUT2D eigenvalue weighted by Crippen LogP contribution is 2.27. The van der Waals surface area contributed by atoms with E-state index in [0.29, 0.717) is 6.07 Å². The summed E-state index contributed by atoms with van der Waals surface area (Å²) in [6, 6.07) is 0.453. The average Bonchev–Trinajstić information content (AvgIpc) is 2.76. The fourth-order valence-corrected chi connectivity index (χ4v) is 2.29. The fraction of sp³-hybridized carbons (Fsp3) is 0.333. The topological polar surface area (TPSA) is 42.5 Å². The Hall–Kier alpha value is -2.67. The van der Waals surface area contributed by atoms with Gasteiger partial charge in [-0.2, -0.15) is 0 Å². The number of anilines is 2. The molecule has 0 unspecified atom stereocenters. The Morgan fingerprint density at radius 1 is 0.516 bits per heavy atom. The molecule has 2 rings (SSSR count). The van der Waals surface area contributed by atoms with Crippen LogP contribution in [0.5, 0.6) is 0 Å². The van der Waals surface area contributed by atoms with Gasteiger partial charge < -0.3 is 20.1 Å². The number of ether oxygens (including phenoxy) is 2. The van der Waals surface area contributed by atoms with E-state index >= 15 is 0 Å². The summed E-state index contributed by atoms with van der Waals surface area (Å²) in [4.78, 5) is 0. The molecule has 0 aliphatic carbocycles. The molecule has 0 bridgehead atoms. The molecule has 0 atom stereocenters. The molecule has 0 amide bonds. The molecule has 172 valence electrons. The molecule has 0 aliphatic rings. The van der Waals surface area contributed by atoms with E-state index in [2.05, 4.69) is 5.32 Å². The monoisotopic (exact) mass is 462 g/mol. The second kappa shape index (κ2) is 11.1. The Labute approximate surface area is 169 Å². The van der Waals surface area contributed by atoms with Crippen LogP contribution in [0.25, 0.3) is 0 Å². The SMILES string of the molecule is Fc1cc(NCCOCCOCCNc2c(F)c(F)c(F)c(F)c2F)c(F)c(F)c1F. The van der Waals surface area contributed by atoms with Gasteiger partial charge in [0.15, 0.2) is 46.5 Å². The molecule has 2 N–H and O–H groups in total. The second-order valence-corrected chi connectivity index (χ2v) is 5.87. The zero-order chi connectivity index (χ0) is 23.1. The van der Waals surface area contributed by atoms with Gasteiger partial charge >= 0.3 is 0 Å². The van der Waals surface area contributed by atoms with Gasteiger partial charge in [0.05, 0.1) is 32.1 Å². The van der Waals surface area contributed by atoms with Crippen LogP contribution in [-0.2, 0) is 9.47 Å². The second-order valence-electron chi connectivity index (χ2n) is 5.87. The van der Waals surface area contributed by atoms with Gasteiger partial charge in [0.25, 0.3) is 0 Å². The summed E-state index contributed by atoms with van der Waals surface area (Å²) in [5.74, 6) is -17.4. The number of halogens is 9. The number of rotatable bonds is 11. The maximum absolute atomic E-state index is 13.4. The summed E-state index contributed by atoms with van der Waals surface area (Å²) in [5, 5.41) is 4.36. The van der Waals surface area contributed by atoms with Crippen molar-refractivity contribution in [2.24, 2.45) is 0 Å². The number of hydrogen-bond donors (Lipinski definition) is 2. The average molecular weight is 462 g/mol. The Balaban J connectivity index is 1.62. The van der Waals surface area contributed by atoms with Gasteiger partial charge in [0.2, 0.25) is 5.82 Å². The molecule has 0 saturated carbocycles. The fourth-order valence-electron chi connectivity index (χ4n) is 2.29. The van der Waals surface area contributed by atoms with Crippen molar-refractivity contribution in [2.75, 3.05) is 50.2 Å². The maximum Gasteiger partial charge on any atom is 0.200 e. The lowest BCUT2D eigenvalue weighted by Crippen LogP contribution is -2.17. The van der Waals surface area contributed by atoms with Crippen LogP contribution >= 0.6 is 0 Å². The molecule has 2 aromatic carbocycles. The Morgan fingerprint density at radius 2 is 0.968 bits per heavy atom. The van der Waals surface area contributed by atoms with Gasteiger partial charge in [-0.1, -0.05) is 0 Å². The van der Waals surface area contributed by atoms with Crippen LogP contribution < -0.4 is 10.6 Å². The van der Waals surface area contributed by atoms with Crippen LogP contribution in [-0.4, -0.2) is 39.5 Å². The number of nitrogens with one attached hydrogen (secondary N) is 2. The van der Waals surface area contributed by atoms with Gasteiger partial charge in [0.1, 0.15) is 5.69 Å². The van der Waals surface area contributed by atoms with Crippen LogP contribution in [0.3, 0.4) is 0 Å². The van der Waals surface area contributed by atoms with E-state index in [1.165, 1.54) is 0 Å². The molecule has 0 aromatic heterocycles. The van der Waals surface area contributed by atoms with Crippen molar-refractivity contribution < 1.29 is 49.0 Å². The standard InChI is InChI=1S/C18H15F9N2O2/c19-8-7-9(11(21)12(22)10(8)20)28-1-3-30-5-6-31-4-2-29-18-16(26)14(24)13(23)15(25)17(18)27/h7,28-29H,1-6H2. The Bertz CT molecular complexity index is 899. The predicted octanol–water partition coefficient (Wildman–Crippen LogP) is 4.50. The van der Waals surface area contributed by atoms with Crippen molar-refractivity contribution >= 4 is 11.4 Å². The van der Waals surface area contributed by atoms with Gasteiger partial charge in [-0.15, -0.1) is 0 Å². The number of benzene rings is 2. The lowest BCUT2D eigenvalue weighted by Gasteiger charge is -2.11. The van der Waals surface area contributed by atoms with E-state index in [-0.39, 0.29) is 39.5 Å². The van der Waals surface area contributed by atoms with E-state index in [1.807, 2.05) is 5.32 Å². The molecule has 0 heterocycles. The van der Waals surface area contributed by atoms with Gasteiger partial charge in [-0.05, 0) is 0 Å². The molecular weight excluding hydrogens is 447 g/mol. The largest absolute Gasteiger partial charge is 0.380 e. The van der Waals surface area contributed by atoms with Crippen LogP contribution in [0.1, 0.15) is 0 Å². The van der Waals surface area contributed by atoms with Gasteiger partial charge in [0, 0.05) is 19.2 Å². The summed E-state index contributed by atoms with van der Waals surface area (Å²) in [6.07, 6.45) is 0. The van der Waals surface area contributed by atoms with Gasteiger partial charge in [-0.25, -0.2) is 39.5 Å². The van der Waals surface area contributed by atoms with E-state index in [9.17, 15) is 39.5 Å². The highest BCUT2D eigenvalue weighted by molar-refractivity contribution is 5.47. The first-order valence-corrected chi connectivity index (χ1v) is 8.64. The normalized spacial score (nSPS) is 11.1. The maximum atomic E-state index is 13.4. The molecule has 2 aromatic rings. The third kappa shape index (κ3) is 5.94. The van der Waals surface area contributed by atoms with E-state index in [0.717, 1.165) is 0 Å². The van der Waals surface area contributed by atoms with Gasteiger partial charge in [-0.3, -0.25) is 0 Å². The minimum atomic E-state index is -2.26. The zero-order valence-corrected chi connectivity index (χ0v) is 15.5. The Kier molecular flexibility index (Phi) is 8.80. The molecule has 0 spiro atoms. The highest BCUT2D eigenvalue weighted by atomic mass is 19.2. The third-order valence-electron chi connectivity index (χ3n) is 3.79. The van der Waals surface area contributed by atoms with Crippen molar-refractivity contribution in [1.29, 1.82) is 0 Å². The highest BCUT2D eigenvalue weighted by Gasteiger charge is 2.25. The smallest absolute Gasteiger partial charge is 0.200 e. The third-order valence-corrected chi connectivity index (χ3v) is 3.79. The van der Waals surface area contributed by atoms with E-state index < -0.39 is 63.7 Å². The molecule has 4 nitrogen and oxygen atoms in total. The van der Waals surface area contributed by atoms with Crippen LogP contribution in [0.15, 0.2) is 6.07 Å². The quantitative estimate of drug-likeness (QED) is 0.224. The minimum Gasteiger partial charge on any atom is -0.380 e. The first-order valence-electron chi connectivity index (χ1n) is 8.64. The lowest BCUT2D eigenvalue weighted by molar-refractivity contribution is 0.0556. The molecule has 0 fully saturated rings. The predicted molar refractivity (Wildman–Crippen MR) is 91.1 cm³/mol. The van der Waals surface area contributed by atoms with Crippen molar-refractivity contribution in [3.05, 3.63) is 58.4 Å². The van der Waals surface area contributed by atoms with Crippen LogP contribution in [0.4, 0.5) is 50.9 Å².